The van der Waals surface area contributed by atoms with Crippen LogP contribution in [0.5, 0.6) is 11.5 Å². The number of carboxylic acid groups (broad SMARTS) is 1. The number of aromatic carboxylic acids is 1. The second-order valence-corrected chi connectivity index (χ2v) is 6.09. The highest BCUT2D eigenvalue weighted by Crippen LogP contribution is 2.33. The van der Waals surface area contributed by atoms with E-state index in [1.54, 1.807) is 26.0 Å². The zero-order chi connectivity index (χ0) is 18.8. The van der Waals surface area contributed by atoms with E-state index < -0.39 is 5.97 Å². The number of carbonyl (C=O) groups is 2. The summed E-state index contributed by atoms with van der Waals surface area (Å²) in [6, 6.07) is 6.71. The average molecular weight is 356 g/mol. The van der Waals surface area contributed by atoms with E-state index in [0.29, 0.717) is 36.7 Å². The molecule has 0 saturated heterocycles. The van der Waals surface area contributed by atoms with Crippen LogP contribution in [0, 0.1) is 6.92 Å². The van der Waals surface area contributed by atoms with Gasteiger partial charge >= 0.3 is 5.97 Å². The van der Waals surface area contributed by atoms with Gasteiger partial charge in [0, 0.05) is 13.1 Å². The second-order valence-electron chi connectivity index (χ2n) is 6.09. The number of benzene rings is 1. The molecule has 0 fully saturated rings. The van der Waals surface area contributed by atoms with Gasteiger partial charge in [-0.3, -0.25) is 4.79 Å². The molecular formula is C19H20N2O5. The Kier molecular flexibility index (Phi) is 4.79. The molecule has 2 aromatic rings. The van der Waals surface area contributed by atoms with Crippen LogP contribution in [0.15, 0.2) is 24.3 Å². The smallest absolute Gasteiger partial charge is 0.337 e. The van der Waals surface area contributed by atoms with Gasteiger partial charge in [0.05, 0.1) is 25.5 Å². The van der Waals surface area contributed by atoms with Crippen LogP contribution in [0.1, 0.15) is 37.7 Å². The van der Waals surface area contributed by atoms with E-state index in [1.165, 1.54) is 12.1 Å². The van der Waals surface area contributed by atoms with E-state index in [4.69, 9.17) is 14.6 Å². The quantitative estimate of drug-likeness (QED) is 0.904. The average Bonchev–Trinajstić information content (AvgIpc) is 2.65. The first-order chi connectivity index (χ1) is 12.4. The number of fused-ring (bicyclic) bond motifs is 1. The van der Waals surface area contributed by atoms with Crippen molar-refractivity contribution in [2.75, 3.05) is 20.8 Å². The van der Waals surface area contributed by atoms with Crippen molar-refractivity contribution in [1.29, 1.82) is 0 Å². The molecule has 0 atom stereocenters. The molecule has 0 aliphatic carbocycles. The molecule has 1 aromatic carbocycles. The predicted octanol–water partition coefficient (Wildman–Crippen LogP) is 2.30. The molecule has 0 unspecified atom stereocenters. The monoisotopic (exact) mass is 356 g/mol. The first-order valence-electron chi connectivity index (χ1n) is 8.18. The number of carbonyl (C=O) groups excluding carboxylic acids is 1. The van der Waals surface area contributed by atoms with Crippen molar-refractivity contribution in [2.45, 2.75) is 19.9 Å². The number of rotatable bonds is 4. The second kappa shape index (κ2) is 7.03. The van der Waals surface area contributed by atoms with Crippen LogP contribution in [0.25, 0.3) is 0 Å². The highest BCUT2D eigenvalue weighted by atomic mass is 16.5. The number of ether oxygens (including phenoxy) is 2. The van der Waals surface area contributed by atoms with Crippen LogP contribution >= 0.6 is 0 Å². The van der Waals surface area contributed by atoms with Crippen molar-refractivity contribution < 1.29 is 24.2 Å². The normalized spacial score (nSPS) is 13.1. The number of aryl methyl sites for hydroxylation is 1. The summed E-state index contributed by atoms with van der Waals surface area (Å²) < 4.78 is 10.7. The van der Waals surface area contributed by atoms with Gasteiger partial charge in [0.2, 0.25) is 0 Å². The molecule has 7 heteroatoms. The summed E-state index contributed by atoms with van der Waals surface area (Å²) >= 11 is 0. The van der Waals surface area contributed by atoms with Crippen LogP contribution < -0.4 is 9.47 Å². The molecule has 26 heavy (non-hydrogen) atoms. The molecule has 136 valence electrons. The number of hydrogen-bond acceptors (Lipinski definition) is 5. The number of hydrogen-bond donors (Lipinski definition) is 1. The minimum atomic E-state index is -1.05. The standard InChI is InChI=1S/C19H20N2O5/c1-11-14(19(23)24)4-5-15(20-11)18(22)21-7-6-12-8-16(25-2)17(26-3)9-13(12)10-21/h4-5,8-9H,6-7,10H2,1-3H3,(H,23,24). The Labute approximate surface area is 151 Å². The molecule has 1 aliphatic rings. The summed E-state index contributed by atoms with van der Waals surface area (Å²) in [5.41, 5.74) is 2.80. The lowest BCUT2D eigenvalue weighted by Gasteiger charge is -2.29. The van der Waals surface area contributed by atoms with Gasteiger partial charge < -0.3 is 19.5 Å². The summed E-state index contributed by atoms with van der Waals surface area (Å²) in [7, 11) is 3.17. The Balaban J connectivity index is 1.85. The molecule has 1 amide bonds. The topological polar surface area (TPSA) is 89.0 Å². The largest absolute Gasteiger partial charge is 0.493 e. The van der Waals surface area contributed by atoms with Crippen LogP contribution in [-0.4, -0.2) is 47.6 Å². The zero-order valence-corrected chi connectivity index (χ0v) is 14.9. The number of carboxylic acids is 1. The highest BCUT2D eigenvalue weighted by molar-refractivity contribution is 5.94. The number of aromatic nitrogens is 1. The predicted molar refractivity (Wildman–Crippen MR) is 93.9 cm³/mol. The van der Waals surface area contributed by atoms with Crippen molar-refractivity contribution in [3.63, 3.8) is 0 Å². The number of nitrogens with zero attached hydrogens (tertiary/aromatic N) is 2. The van der Waals surface area contributed by atoms with E-state index >= 15 is 0 Å². The van der Waals surface area contributed by atoms with Crippen LogP contribution in [-0.2, 0) is 13.0 Å². The number of pyridine rings is 1. The molecule has 0 saturated carbocycles. The molecule has 1 aromatic heterocycles. The molecule has 3 rings (SSSR count). The number of methoxy groups -OCH3 is 2. The molecule has 0 bridgehead atoms. The van der Waals surface area contributed by atoms with Crippen LogP contribution in [0.4, 0.5) is 0 Å². The summed E-state index contributed by atoms with van der Waals surface area (Å²) in [6.07, 6.45) is 0.702. The van der Waals surface area contributed by atoms with E-state index in [9.17, 15) is 9.59 Å². The van der Waals surface area contributed by atoms with Gasteiger partial charge in [-0.25, -0.2) is 9.78 Å². The Morgan fingerprint density at radius 3 is 2.35 bits per heavy atom. The third-order valence-electron chi connectivity index (χ3n) is 4.54. The van der Waals surface area contributed by atoms with Crippen LogP contribution in [0.2, 0.25) is 0 Å². The van der Waals surface area contributed by atoms with Crippen molar-refractivity contribution in [1.82, 2.24) is 9.88 Å². The first kappa shape index (κ1) is 17.7. The fraction of sp³-hybridized carbons (Fsp3) is 0.316. The van der Waals surface area contributed by atoms with Crippen molar-refractivity contribution in [3.8, 4) is 11.5 Å². The lowest BCUT2D eigenvalue weighted by atomic mass is 9.98. The van der Waals surface area contributed by atoms with Gasteiger partial charge in [-0.05, 0) is 48.7 Å². The summed E-state index contributed by atoms with van der Waals surface area (Å²) in [4.78, 5) is 29.8. The molecule has 7 nitrogen and oxygen atoms in total. The Bertz CT molecular complexity index is 878. The molecule has 0 radical (unpaired) electrons. The maximum Gasteiger partial charge on any atom is 0.337 e. The number of amides is 1. The van der Waals surface area contributed by atoms with Crippen molar-refractivity contribution in [2.24, 2.45) is 0 Å². The van der Waals surface area contributed by atoms with Gasteiger partial charge in [0.25, 0.3) is 5.91 Å². The minimum absolute atomic E-state index is 0.0994. The summed E-state index contributed by atoms with van der Waals surface area (Å²) in [6.45, 7) is 2.58. The molecule has 0 spiro atoms. The summed E-state index contributed by atoms with van der Waals surface area (Å²) in [5, 5.41) is 9.09. The van der Waals surface area contributed by atoms with E-state index in [-0.39, 0.29) is 17.2 Å². The van der Waals surface area contributed by atoms with Crippen LogP contribution in [0.3, 0.4) is 0 Å². The van der Waals surface area contributed by atoms with E-state index in [0.717, 1.165) is 11.1 Å². The van der Waals surface area contributed by atoms with Crippen molar-refractivity contribution in [3.05, 3.63) is 52.3 Å². The SMILES string of the molecule is COc1cc2c(cc1OC)CN(C(=O)c1ccc(C(=O)O)c(C)n1)CC2. The molecule has 1 N–H and O–H groups in total. The van der Waals surface area contributed by atoms with Gasteiger partial charge in [-0.1, -0.05) is 0 Å². The fourth-order valence-electron chi connectivity index (χ4n) is 3.12. The lowest BCUT2D eigenvalue weighted by molar-refractivity contribution is 0.0689. The van der Waals surface area contributed by atoms with Gasteiger partial charge in [-0.15, -0.1) is 0 Å². The summed E-state index contributed by atoms with van der Waals surface area (Å²) in [5.74, 6) is 0.0281. The molecule has 2 heterocycles. The van der Waals surface area contributed by atoms with E-state index in [2.05, 4.69) is 4.98 Å². The third kappa shape index (κ3) is 3.20. The minimum Gasteiger partial charge on any atom is -0.493 e. The molecular weight excluding hydrogens is 336 g/mol. The maximum atomic E-state index is 12.8. The third-order valence-corrected chi connectivity index (χ3v) is 4.54. The highest BCUT2D eigenvalue weighted by Gasteiger charge is 2.25. The first-order valence-corrected chi connectivity index (χ1v) is 8.18. The Hall–Kier alpha value is -3.09. The Morgan fingerprint density at radius 2 is 1.77 bits per heavy atom. The fourth-order valence-corrected chi connectivity index (χ4v) is 3.12. The van der Waals surface area contributed by atoms with Gasteiger partial charge in [0.1, 0.15) is 5.69 Å². The van der Waals surface area contributed by atoms with Gasteiger partial charge in [0.15, 0.2) is 11.5 Å². The Morgan fingerprint density at radius 1 is 1.12 bits per heavy atom. The zero-order valence-electron chi connectivity index (χ0n) is 14.9. The van der Waals surface area contributed by atoms with Gasteiger partial charge in [-0.2, -0.15) is 0 Å². The molecule has 1 aliphatic heterocycles. The van der Waals surface area contributed by atoms with E-state index in [1.807, 2.05) is 12.1 Å². The lowest BCUT2D eigenvalue weighted by Crippen LogP contribution is -2.36. The maximum absolute atomic E-state index is 12.8. The van der Waals surface area contributed by atoms with Crippen molar-refractivity contribution >= 4 is 11.9 Å².